The maximum atomic E-state index is 4.57. The van der Waals surface area contributed by atoms with Gasteiger partial charge in [-0.15, -0.1) is 0 Å². The van der Waals surface area contributed by atoms with Gasteiger partial charge in [0.15, 0.2) is 5.17 Å². The zero-order valence-electron chi connectivity index (χ0n) is 10.4. The molecule has 0 aromatic rings. The number of nitrogens with one attached hydrogen (secondary N) is 1. The van der Waals surface area contributed by atoms with E-state index < -0.39 is 0 Å². The van der Waals surface area contributed by atoms with Crippen LogP contribution in [0.3, 0.4) is 0 Å². The fourth-order valence-corrected chi connectivity index (χ4v) is 2.94. The molecule has 0 saturated carbocycles. The lowest BCUT2D eigenvalue weighted by molar-refractivity contribution is 0.392. The smallest absolute Gasteiger partial charge is 0.156 e. The van der Waals surface area contributed by atoms with E-state index in [9.17, 15) is 0 Å². The average molecular weight is 228 g/mol. The highest BCUT2D eigenvalue weighted by Crippen LogP contribution is 2.18. The molecule has 0 fully saturated rings. The Kier molecular flexibility index (Phi) is 5.51. The molecule has 0 saturated heterocycles. The molecule has 1 N–H and O–H groups in total. The highest BCUT2D eigenvalue weighted by Gasteiger charge is 2.17. The van der Waals surface area contributed by atoms with Crippen LogP contribution in [0.2, 0.25) is 0 Å². The molecule has 88 valence electrons. The third kappa shape index (κ3) is 4.06. The van der Waals surface area contributed by atoms with Crippen LogP contribution in [0, 0.1) is 11.8 Å². The van der Waals surface area contributed by atoms with Crippen molar-refractivity contribution in [3.05, 3.63) is 0 Å². The van der Waals surface area contributed by atoms with Crippen molar-refractivity contribution in [2.75, 3.05) is 12.3 Å². The maximum absolute atomic E-state index is 4.57. The van der Waals surface area contributed by atoms with Crippen molar-refractivity contribution in [1.29, 1.82) is 0 Å². The van der Waals surface area contributed by atoms with Crippen molar-refractivity contribution >= 4 is 16.9 Å². The Bertz CT molecular complexity index is 212. The molecule has 1 aliphatic rings. The van der Waals surface area contributed by atoms with E-state index in [1.165, 1.54) is 18.6 Å². The maximum Gasteiger partial charge on any atom is 0.156 e. The van der Waals surface area contributed by atoms with E-state index >= 15 is 0 Å². The summed E-state index contributed by atoms with van der Waals surface area (Å²) >= 11 is 1.88. The number of hydrogen-bond acceptors (Lipinski definition) is 3. The van der Waals surface area contributed by atoms with Gasteiger partial charge >= 0.3 is 0 Å². The quantitative estimate of drug-likeness (QED) is 0.799. The molecule has 2 unspecified atom stereocenters. The number of amidine groups is 1. The Hall–Kier alpha value is -0.180. The summed E-state index contributed by atoms with van der Waals surface area (Å²) in [6, 6.07) is 0.555. The second-order valence-electron chi connectivity index (χ2n) is 4.57. The Morgan fingerprint density at radius 1 is 1.47 bits per heavy atom. The summed E-state index contributed by atoms with van der Waals surface area (Å²) in [6.07, 6.45) is 2.50. The minimum atomic E-state index is 0.555. The average Bonchev–Trinajstić information content (AvgIpc) is 2.23. The number of hydrogen-bond donors (Lipinski definition) is 1. The monoisotopic (exact) mass is 228 g/mol. The normalized spacial score (nSPS) is 23.8. The van der Waals surface area contributed by atoms with E-state index in [0.717, 1.165) is 23.5 Å². The number of nitrogens with zero attached hydrogens (tertiary/aromatic N) is 1. The first-order valence-corrected chi connectivity index (χ1v) is 7.09. The van der Waals surface area contributed by atoms with Crippen LogP contribution in [0.1, 0.15) is 40.5 Å². The lowest BCUT2D eigenvalue weighted by Crippen LogP contribution is -2.38. The van der Waals surface area contributed by atoms with E-state index in [-0.39, 0.29) is 0 Å². The fourth-order valence-electron chi connectivity index (χ4n) is 1.95. The van der Waals surface area contributed by atoms with E-state index in [0.29, 0.717) is 6.04 Å². The second-order valence-corrected chi connectivity index (χ2v) is 5.58. The van der Waals surface area contributed by atoms with Gasteiger partial charge in [0.05, 0.1) is 0 Å². The Balaban J connectivity index is 2.40. The van der Waals surface area contributed by atoms with Crippen molar-refractivity contribution in [3.63, 3.8) is 0 Å². The molecule has 2 nitrogen and oxygen atoms in total. The predicted molar refractivity (Wildman–Crippen MR) is 70.6 cm³/mol. The van der Waals surface area contributed by atoms with Crippen LogP contribution >= 0.6 is 11.8 Å². The lowest BCUT2D eigenvalue weighted by atomic mass is 9.96. The summed E-state index contributed by atoms with van der Waals surface area (Å²) < 4.78 is 0. The van der Waals surface area contributed by atoms with Crippen LogP contribution < -0.4 is 5.32 Å². The molecule has 0 spiro atoms. The van der Waals surface area contributed by atoms with E-state index in [4.69, 9.17) is 0 Å². The summed E-state index contributed by atoms with van der Waals surface area (Å²) in [4.78, 5) is 4.57. The van der Waals surface area contributed by atoms with Crippen LogP contribution in [-0.2, 0) is 0 Å². The molecule has 0 aromatic carbocycles. The summed E-state index contributed by atoms with van der Waals surface area (Å²) in [7, 11) is 0. The standard InChI is InChI=1S/C12H24N2S/c1-5-11(6-2)10(4)14-12-13-7-9(3)8-15-12/h9-11H,5-8H2,1-4H3,(H,13,14). The molecule has 15 heavy (non-hydrogen) atoms. The molecule has 0 aromatic heterocycles. The fraction of sp³-hybridized carbons (Fsp3) is 0.917. The Morgan fingerprint density at radius 3 is 2.60 bits per heavy atom. The third-order valence-electron chi connectivity index (χ3n) is 3.16. The first-order valence-electron chi connectivity index (χ1n) is 6.11. The van der Waals surface area contributed by atoms with Crippen LogP contribution in [0.5, 0.6) is 0 Å². The number of aliphatic imine (C=N–C) groups is 1. The largest absolute Gasteiger partial charge is 0.362 e. The van der Waals surface area contributed by atoms with Crippen molar-refractivity contribution in [2.45, 2.75) is 46.6 Å². The summed E-state index contributed by atoms with van der Waals surface area (Å²) in [5, 5.41) is 4.71. The van der Waals surface area contributed by atoms with E-state index in [1.807, 2.05) is 11.8 Å². The van der Waals surface area contributed by atoms with Crippen LogP contribution in [0.4, 0.5) is 0 Å². The first kappa shape index (κ1) is 12.9. The van der Waals surface area contributed by atoms with Crippen molar-refractivity contribution in [1.82, 2.24) is 5.32 Å². The highest BCUT2D eigenvalue weighted by molar-refractivity contribution is 8.13. The van der Waals surface area contributed by atoms with Gasteiger partial charge in [0.25, 0.3) is 0 Å². The van der Waals surface area contributed by atoms with Gasteiger partial charge in [-0.05, 0) is 18.8 Å². The molecule has 0 radical (unpaired) electrons. The van der Waals surface area contributed by atoms with E-state index in [1.54, 1.807) is 0 Å². The third-order valence-corrected chi connectivity index (χ3v) is 4.41. The zero-order valence-corrected chi connectivity index (χ0v) is 11.2. The first-order chi connectivity index (χ1) is 7.17. The lowest BCUT2D eigenvalue weighted by Gasteiger charge is -2.26. The van der Waals surface area contributed by atoms with Crippen LogP contribution in [0.15, 0.2) is 4.99 Å². The van der Waals surface area contributed by atoms with Gasteiger partial charge in [-0.1, -0.05) is 45.4 Å². The number of rotatable bonds is 4. The minimum Gasteiger partial charge on any atom is -0.362 e. The van der Waals surface area contributed by atoms with Crippen molar-refractivity contribution in [2.24, 2.45) is 16.8 Å². The topological polar surface area (TPSA) is 24.4 Å². The second kappa shape index (κ2) is 6.41. The molecular weight excluding hydrogens is 204 g/mol. The van der Waals surface area contributed by atoms with Gasteiger partial charge in [-0.3, -0.25) is 4.99 Å². The van der Waals surface area contributed by atoms with Gasteiger partial charge in [-0.2, -0.15) is 0 Å². The van der Waals surface area contributed by atoms with Crippen molar-refractivity contribution < 1.29 is 0 Å². The Morgan fingerprint density at radius 2 is 2.13 bits per heavy atom. The molecule has 3 heteroatoms. The predicted octanol–water partition coefficient (Wildman–Crippen LogP) is 3.14. The molecule has 0 amide bonds. The Labute approximate surface area is 98.3 Å². The molecule has 1 heterocycles. The summed E-state index contributed by atoms with van der Waals surface area (Å²) in [6.45, 7) is 10.1. The molecule has 1 aliphatic heterocycles. The minimum absolute atomic E-state index is 0.555. The van der Waals surface area contributed by atoms with Gasteiger partial charge < -0.3 is 5.32 Å². The van der Waals surface area contributed by atoms with Crippen molar-refractivity contribution in [3.8, 4) is 0 Å². The van der Waals surface area contributed by atoms with Gasteiger partial charge in [-0.25, -0.2) is 0 Å². The number of thioether (sulfide) groups is 1. The zero-order chi connectivity index (χ0) is 11.3. The highest BCUT2D eigenvalue weighted by atomic mass is 32.2. The molecular formula is C12H24N2S. The van der Waals surface area contributed by atoms with Gasteiger partial charge in [0, 0.05) is 18.3 Å². The van der Waals surface area contributed by atoms with E-state index in [2.05, 4.69) is 38.0 Å². The molecule has 0 bridgehead atoms. The van der Waals surface area contributed by atoms with Crippen LogP contribution in [-0.4, -0.2) is 23.5 Å². The SMILES string of the molecule is CCC(CC)C(C)NC1=NCC(C)CS1. The summed E-state index contributed by atoms with van der Waals surface area (Å²) in [5.41, 5.74) is 0. The van der Waals surface area contributed by atoms with Gasteiger partial charge in [0.1, 0.15) is 0 Å². The molecule has 0 aliphatic carbocycles. The van der Waals surface area contributed by atoms with Crippen LogP contribution in [0.25, 0.3) is 0 Å². The van der Waals surface area contributed by atoms with Gasteiger partial charge in [0.2, 0.25) is 0 Å². The molecule has 2 atom stereocenters. The summed E-state index contributed by atoms with van der Waals surface area (Å²) in [5.74, 6) is 2.72. The molecule has 1 rings (SSSR count).